The van der Waals surface area contributed by atoms with Crippen molar-refractivity contribution < 1.29 is 42.7 Å². The number of benzene rings is 1. The molecule has 5 heteroatoms. The second-order valence-electron chi connectivity index (χ2n) is 5.62. The van der Waals surface area contributed by atoms with Crippen molar-refractivity contribution in [2.24, 2.45) is 0 Å². The van der Waals surface area contributed by atoms with Gasteiger partial charge in [-0.2, -0.15) is 0 Å². The van der Waals surface area contributed by atoms with E-state index < -0.39 is 0 Å². The first-order valence-electron chi connectivity index (χ1n) is 6.50. The molecule has 4 nitrogen and oxygen atoms in total. The van der Waals surface area contributed by atoms with Gasteiger partial charge < -0.3 is 37.9 Å². The second-order valence-corrected chi connectivity index (χ2v) is 5.62. The maximum atomic E-state index is 11.2. The van der Waals surface area contributed by atoms with Crippen LogP contribution in [-0.2, 0) is 16.0 Å². The van der Waals surface area contributed by atoms with Crippen molar-refractivity contribution in [1.29, 1.82) is 0 Å². The van der Waals surface area contributed by atoms with Crippen LogP contribution in [0.2, 0.25) is 0 Å². The summed E-state index contributed by atoms with van der Waals surface area (Å²) in [5.74, 6) is 0.574. The van der Waals surface area contributed by atoms with E-state index in [-0.39, 0.29) is 36.4 Å². The maximum absolute atomic E-state index is 11.2. The van der Waals surface area contributed by atoms with E-state index in [1.165, 1.54) is 7.11 Å². The summed E-state index contributed by atoms with van der Waals surface area (Å²) in [7, 11) is 7.89. The van der Waals surface area contributed by atoms with Crippen molar-refractivity contribution in [3.05, 3.63) is 29.8 Å². The molecule has 1 aromatic rings. The molecule has 114 valence electrons. The normalized spacial score (nSPS) is 10.6. The smallest absolute Gasteiger partial charge is 0.309 e. The van der Waals surface area contributed by atoms with Gasteiger partial charge in [0.1, 0.15) is 5.75 Å². The van der Waals surface area contributed by atoms with Crippen molar-refractivity contribution in [2.45, 2.75) is 12.8 Å². The zero-order valence-electron chi connectivity index (χ0n) is 12.7. The summed E-state index contributed by atoms with van der Waals surface area (Å²) in [4.78, 5) is 11.2. The predicted molar refractivity (Wildman–Crippen MR) is 75.2 cm³/mol. The first-order valence-corrected chi connectivity index (χ1v) is 6.50. The summed E-state index contributed by atoms with van der Waals surface area (Å²) in [5.41, 5.74) is 0.913. The van der Waals surface area contributed by atoms with E-state index >= 15 is 0 Å². The predicted octanol–water partition coefficient (Wildman–Crippen LogP) is -1.12. The Balaban J connectivity index is 0.00000361. The van der Waals surface area contributed by atoms with Gasteiger partial charge in [-0.25, -0.2) is 0 Å². The van der Waals surface area contributed by atoms with Crippen LogP contribution in [0.5, 0.6) is 5.75 Å². The van der Waals surface area contributed by atoms with Gasteiger partial charge in [-0.15, -0.1) is 0 Å². The fourth-order valence-electron chi connectivity index (χ4n) is 1.71. The average molecular weight is 393 g/mol. The molecule has 20 heavy (non-hydrogen) atoms. The van der Waals surface area contributed by atoms with Crippen LogP contribution in [0, 0.1) is 0 Å². The third-order valence-corrected chi connectivity index (χ3v) is 2.72. The number of halogens is 1. The Kier molecular flexibility index (Phi) is 8.80. The minimum absolute atomic E-state index is 0. The lowest BCUT2D eigenvalue weighted by Gasteiger charge is -2.23. The quantitative estimate of drug-likeness (QED) is 0.255. The van der Waals surface area contributed by atoms with Gasteiger partial charge in [0.2, 0.25) is 0 Å². The number of carbonyl (C=O) groups excluding carboxylic acids is 1. The molecule has 0 aliphatic heterocycles. The lowest BCUT2D eigenvalue weighted by atomic mass is 10.1. The van der Waals surface area contributed by atoms with Gasteiger partial charge in [-0.05, 0) is 17.7 Å². The van der Waals surface area contributed by atoms with Gasteiger partial charge in [-0.1, -0.05) is 12.1 Å². The zero-order chi connectivity index (χ0) is 14.3. The largest absolute Gasteiger partial charge is 1.00 e. The molecular weight excluding hydrogens is 369 g/mol. The molecule has 0 fully saturated rings. The molecule has 1 aromatic carbocycles. The van der Waals surface area contributed by atoms with Crippen LogP contribution in [0.4, 0.5) is 0 Å². The summed E-state index contributed by atoms with van der Waals surface area (Å²) in [6.45, 7) is 1.76. The van der Waals surface area contributed by atoms with Crippen LogP contribution in [-0.4, -0.2) is 51.9 Å². The van der Waals surface area contributed by atoms with Crippen LogP contribution in [0.15, 0.2) is 24.3 Å². The van der Waals surface area contributed by atoms with Gasteiger partial charge in [0.05, 0.1) is 47.8 Å². The second kappa shape index (κ2) is 9.18. The minimum atomic E-state index is -0.234. The number of nitrogens with zero attached hydrogens (tertiary/aromatic N) is 1. The molecule has 0 aliphatic rings. The summed E-state index contributed by atoms with van der Waals surface area (Å²) < 4.78 is 11.3. The van der Waals surface area contributed by atoms with Crippen molar-refractivity contribution in [3.63, 3.8) is 0 Å². The molecule has 0 saturated heterocycles. The number of hydrogen-bond acceptors (Lipinski definition) is 3. The summed E-state index contributed by atoms with van der Waals surface area (Å²) in [6, 6.07) is 7.60. The zero-order valence-corrected chi connectivity index (χ0v) is 14.8. The highest BCUT2D eigenvalue weighted by Gasteiger charge is 2.07. The van der Waals surface area contributed by atoms with Gasteiger partial charge in [0, 0.05) is 6.42 Å². The Labute approximate surface area is 138 Å². The average Bonchev–Trinajstić information content (AvgIpc) is 2.34. The lowest BCUT2D eigenvalue weighted by Crippen LogP contribution is -3.00. The SMILES string of the molecule is COC(=O)Cc1cccc(OCCC[N+](C)(C)C)c1.[I-]. The van der Waals surface area contributed by atoms with E-state index in [0.717, 1.165) is 28.8 Å². The topological polar surface area (TPSA) is 35.5 Å². The van der Waals surface area contributed by atoms with Crippen molar-refractivity contribution in [1.82, 2.24) is 0 Å². The van der Waals surface area contributed by atoms with Gasteiger partial charge in [0.15, 0.2) is 0 Å². The molecule has 0 amide bonds. The molecule has 0 N–H and O–H groups in total. The molecular formula is C15H24INO3. The molecule has 0 atom stereocenters. The molecule has 0 bridgehead atoms. The highest BCUT2D eigenvalue weighted by molar-refractivity contribution is 5.72. The third-order valence-electron chi connectivity index (χ3n) is 2.72. The summed E-state index contributed by atoms with van der Waals surface area (Å²) in [5, 5.41) is 0. The summed E-state index contributed by atoms with van der Waals surface area (Å²) >= 11 is 0. The number of hydrogen-bond donors (Lipinski definition) is 0. The van der Waals surface area contributed by atoms with Crippen molar-refractivity contribution in [3.8, 4) is 5.75 Å². The fraction of sp³-hybridized carbons (Fsp3) is 0.533. The number of carbonyl (C=O) groups is 1. The van der Waals surface area contributed by atoms with E-state index in [2.05, 4.69) is 25.9 Å². The Morgan fingerprint density at radius 2 is 1.95 bits per heavy atom. The first-order chi connectivity index (χ1) is 8.90. The summed E-state index contributed by atoms with van der Waals surface area (Å²) in [6.07, 6.45) is 1.29. The van der Waals surface area contributed by atoms with E-state index in [4.69, 9.17) is 4.74 Å². The number of quaternary nitrogens is 1. The van der Waals surface area contributed by atoms with Crippen molar-refractivity contribution in [2.75, 3.05) is 41.4 Å². The van der Waals surface area contributed by atoms with Crippen LogP contribution < -0.4 is 28.7 Å². The lowest BCUT2D eigenvalue weighted by molar-refractivity contribution is -0.870. The molecule has 0 heterocycles. The molecule has 0 unspecified atom stereocenters. The standard InChI is InChI=1S/C15H24NO3.HI/c1-16(2,3)9-6-10-19-14-8-5-7-13(11-14)12-15(17)18-4;/h5,7-8,11H,6,9-10,12H2,1-4H3;1H/q+1;/p-1. The number of ether oxygens (including phenoxy) is 2. The minimum Gasteiger partial charge on any atom is -1.00 e. The van der Waals surface area contributed by atoms with Gasteiger partial charge in [-0.3, -0.25) is 4.79 Å². The monoisotopic (exact) mass is 393 g/mol. The van der Waals surface area contributed by atoms with E-state index in [1.807, 2.05) is 24.3 Å². The molecule has 0 spiro atoms. The Morgan fingerprint density at radius 3 is 2.55 bits per heavy atom. The number of rotatable bonds is 7. The van der Waals surface area contributed by atoms with Crippen LogP contribution >= 0.6 is 0 Å². The van der Waals surface area contributed by atoms with Crippen molar-refractivity contribution >= 4 is 5.97 Å². The van der Waals surface area contributed by atoms with E-state index in [1.54, 1.807) is 0 Å². The third kappa shape index (κ3) is 8.37. The van der Waals surface area contributed by atoms with Crippen LogP contribution in [0.3, 0.4) is 0 Å². The van der Waals surface area contributed by atoms with Gasteiger partial charge >= 0.3 is 5.97 Å². The molecule has 0 aromatic heterocycles. The number of methoxy groups -OCH3 is 1. The van der Waals surface area contributed by atoms with Crippen LogP contribution in [0.25, 0.3) is 0 Å². The Hall–Kier alpha value is -0.820. The van der Waals surface area contributed by atoms with Gasteiger partial charge in [0.25, 0.3) is 0 Å². The molecule has 0 radical (unpaired) electrons. The highest BCUT2D eigenvalue weighted by Crippen LogP contribution is 2.14. The maximum Gasteiger partial charge on any atom is 0.309 e. The highest BCUT2D eigenvalue weighted by atomic mass is 127. The van der Waals surface area contributed by atoms with Crippen LogP contribution in [0.1, 0.15) is 12.0 Å². The molecule has 0 aliphatic carbocycles. The first kappa shape index (κ1) is 19.2. The van der Waals surface area contributed by atoms with E-state index in [9.17, 15) is 4.79 Å². The molecule has 0 saturated carbocycles. The van der Waals surface area contributed by atoms with E-state index in [0.29, 0.717) is 6.61 Å². The number of esters is 1. The fourth-order valence-corrected chi connectivity index (χ4v) is 1.71. The Morgan fingerprint density at radius 1 is 1.25 bits per heavy atom. The Bertz CT molecular complexity index is 416. The molecule has 1 rings (SSSR count).